The molecular formula is C21H24N2O. The van der Waals surface area contributed by atoms with E-state index in [1.165, 1.54) is 37.7 Å². The first-order valence-electron chi connectivity index (χ1n) is 9.00. The summed E-state index contributed by atoms with van der Waals surface area (Å²) in [6, 6.07) is 16.6. The van der Waals surface area contributed by atoms with Crippen LogP contribution in [0.15, 0.2) is 48.5 Å². The Morgan fingerprint density at radius 2 is 1.88 bits per heavy atom. The zero-order chi connectivity index (χ0) is 16.2. The third-order valence-electron chi connectivity index (χ3n) is 4.94. The van der Waals surface area contributed by atoms with Crippen LogP contribution in [0.5, 0.6) is 0 Å². The molecule has 1 saturated carbocycles. The predicted octanol–water partition coefficient (Wildman–Crippen LogP) is 5.33. The molecule has 3 heteroatoms. The van der Waals surface area contributed by atoms with Crippen LogP contribution < -0.4 is 0 Å². The van der Waals surface area contributed by atoms with Gasteiger partial charge in [-0.1, -0.05) is 49.6 Å². The molecule has 0 bridgehead atoms. The van der Waals surface area contributed by atoms with E-state index in [0.29, 0.717) is 6.61 Å². The van der Waals surface area contributed by atoms with Crippen molar-refractivity contribution >= 4 is 11.0 Å². The van der Waals surface area contributed by atoms with Crippen molar-refractivity contribution in [2.45, 2.75) is 38.7 Å². The Kier molecular flexibility index (Phi) is 4.61. The number of fused-ring (bicyclic) bond motifs is 1. The predicted molar refractivity (Wildman–Crippen MR) is 97.8 cm³/mol. The van der Waals surface area contributed by atoms with E-state index >= 15 is 0 Å². The second-order valence-electron chi connectivity index (χ2n) is 6.82. The van der Waals surface area contributed by atoms with Gasteiger partial charge in [0, 0.05) is 12.2 Å². The van der Waals surface area contributed by atoms with Gasteiger partial charge in [-0.15, -0.1) is 0 Å². The van der Waals surface area contributed by atoms with Crippen LogP contribution in [0.2, 0.25) is 0 Å². The van der Waals surface area contributed by atoms with E-state index in [1.807, 2.05) is 18.2 Å². The molecule has 0 saturated heterocycles. The number of ether oxygens (including phenoxy) is 1. The summed E-state index contributed by atoms with van der Waals surface area (Å²) in [5.41, 5.74) is 4.41. The van der Waals surface area contributed by atoms with Gasteiger partial charge in [-0.3, -0.25) is 0 Å². The van der Waals surface area contributed by atoms with E-state index in [2.05, 4.69) is 40.3 Å². The first-order valence-corrected chi connectivity index (χ1v) is 9.00. The van der Waals surface area contributed by atoms with E-state index < -0.39 is 0 Å². The Morgan fingerprint density at radius 3 is 2.75 bits per heavy atom. The van der Waals surface area contributed by atoms with Crippen molar-refractivity contribution in [3.63, 3.8) is 0 Å². The Morgan fingerprint density at radius 1 is 1.00 bits per heavy atom. The summed E-state index contributed by atoms with van der Waals surface area (Å²) in [4.78, 5) is 8.08. The monoisotopic (exact) mass is 320 g/mol. The molecule has 0 spiro atoms. The third-order valence-corrected chi connectivity index (χ3v) is 4.94. The standard InChI is InChI=1S/C21H24N2O/c1-2-7-16(8-3-1)14-24-15-17-9-6-10-18(13-17)21-22-19-11-4-5-12-20(19)23-21/h4-6,9-13,16H,1-3,7-8,14-15H2,(H,22,23). The van der Waals surface area contributed by atoms with Crippen LogP contribution in [-0.2, 0) is 11.3 Å². The zero-order valence-corrected chi connectivity index (χ0v) is 14.0. The van der Waals surface area contributed by atoms with Crippen LogP contribution in [0.4, 0.5) is 0 Å². The third kappa shape index (κ3) is 3.51. The average molecular weight is 320 g/mol. The molecule has 124 valence electrons. The van der Waals surface area contributed by atoms with Crippen molar-refractivity contribution in [1.82, 2.24) is 9.97 Å². The molecule has 4 rings (SSSR count). The highest BCUT2D eigenvalue weighted by molar-refractivity contribution is 5.79. The summed E-state index contributed by atoms with van der Waals surface area (Å²) in [6.45, 7) is 1.58. The molecule has 1 aliphatic carbocycles. The van der Waals surface area contributed by atoms with Gasteiger partial charge in [-0.2, -0.15) is 0 Å². The molecule has 1 heterocycles. The van der Waals surface area contributed by atoms with Gasteiger partial charge in [-0.25, -0.2) is 4.98 Å². The van der Waals surface area contributed by atoms with Crippen LogP contribution in [0.25, 0.3) is 22.4 Å². The number of aromatic nitrogens is 2. The van der Waals surface area contributed by atoms with Gasteiger partial charge in [0.05, 0.1) is 17.6 Å². The molecule has 0 atom stereocenters. The molecule has 2 aromatic carbocycles. The fourth-order valence-electron chi connectivity index (χ4n) is 3.60. The lowest BCUT2D eigenvalue weighted by Crippen LogP contribution is -2.13. The molecule has 0 radical (unpaired) electrons. The maximum atomic E-state index is 5.98. The van der Waals surface area contributed by atoms with E-state index in [4.69, 9.17) is 4.74 Å². The van der Waals surface area contributed by atoms with E-state index in [1.54, 1.807) is 0 Å². The highest BCUT2D eigenvalue weighted by Crippen LogP contribution is 2.25. The van der Waals surface area contributed by atoms with Gasteiger partial charge in [0.1, 0.15) is 5.82 Å². The molecule has 1 aliphatic rings. The van der Waals surface area contributed by atoms with Crippen molar-refractivity contribution < 1.29 is 4.74 Å². The van der Waals surface area contributed by atoms with Crippen LogP contribution in [0, 0.1) is 5.92 Å². The minimum Gasteiger partial charge on any atom is -0.376 e. The molecule has 3 aromatic rings. The summed E-state index contributed by atoms with van der Waals surface area (Å²) < 4.78 is 5.98. The van der Waals surface area contributed by atoms with Crippen LogP contribution >= 0.6 is 0 Å². The van der Waals surface area contributed by atoms with Gasteiger partial charge in [0.15, 0.2) is 0 Å². The number of aromatic amines is 1. The van der Waals surface area contributed by atoms with Gasteiger partial charge in [0.25, 0.3) is 0 Å². The van der Waals surface area contributed by atoms with Crippen molar-refractivity contribution in [3.05, 3.63) is 54.1 Å². The number of benzene rings is 2. The average Bonchev–Trinajstić information content (AvgIpc) is 3.07. The van der Waals surface area contributed by atoms with Crippen molar-refractivity contribution in [2.75, 3.05) is 6.61 Å². The molecule has 1 fully saturated rings. The maximum absolute atomic E-state index is 5.98. The number of nitrogens with one attached hydrogen (secondary N) is 1. The Hall–Kier alpha value is -2.13. The minimum absolute atomic E-state index is 0.685. The van der Waals surface area contributed by atoms with E-state index in [0.717, 1.165) is 34.9 Å². The number of H-pyrrole nitrogens is 1. The van der Waals surface area contributed by atoms with Crippen LogP contribution in [0.3, 0.4) is 0 Å². The lowest BCUT2D eigenvalue weighted by molar-refractivity contribution is 0.0739. The molecule has 1 N–H and O–H groups in total. The Bertz CT molecular complexity index is 769. The minimum atomic E-state index is 0.685. The lowest BCUT2D eigenvalue weighted by atomic mass is 9.90. The quantitative estimate of drug-likeness (QED) is 0.690. The van der Waals surface area contributed by atoms with Gasteiger partial charge in [-0.05, 0) is 42.5 Å². The second kappa shape index (κ2) is 7.18. The zero-order valence-electron chi connectivity index (χ0n) is 14.0. The van der Waals surface area contributed by atoms with E-state index in [-0.39, 0.29) is 0 Å². The summed E-state index contributed by atoms with van der Waals surface area (Å²) in [6.07, 6.45) is 6.80. The molecular weight excluding hydrogens is 296 g/mol. The summed E-state index contributed by atoms with van der Waals surface area (Å²) >= 11 is 0. The van der Waals surface area contributed by atoms with Crippen LogP contribution in [0.1, 0.15) is 37.7 Å². The van der Waals surface area contributed by atoms with Gasteiger partial charge >= 0.3 is 0 Å². The number of imidazole rings is 1. The van der Waals surface area contributed by atoms with Gasteiger partial charge < -0.3 is 9.72 Å². The molecule has 0 amide bonds. The Balaban J connectivity index is 1.43. The molecule has 1 aromatic heterocycles. The SMILES string of the molecule is c1cc(COCC2CCCCC2)cc(-c2nc3ccccc3[nH]2)c1. The normalized spacial score (nSPS) is 15.8. The number of nitrogens with zero attached hydrogens (tertiary/aromatic N) is 1. The van der Waals surface area contributed by atoms with Crippen LogP contribution in [-0.4, -0.2) is 16.6 Å². The lowest BCUT2D eigenvalue weighted by Gasteiger charge is -2.21. The number of rotatable bonds is 5. The maximum Gasteiger partial charge on any atom is 0.138 e. The highest BCUT2D eigenvalue weighted by atomic mass is 16.5. The number of hydrogen-bond acceptors (Lipinski definition) is 2. The molecule has 3 nitrogen and oxygen atoms in total. The molecule has 0 aliphatic heterocycles. The first kappa shape index (κ1) is 15.4. The van der Waals surface area contributed by atoms with Crippen molar-refractivity contribution in [3.8, 4) is 11.4 Å². The highest BCUT2D eigenvalue weighted by Gasteiger charge is 2.13. The van der Waals surface area contributed by atoms with Crippen molar-refractivity contribution in [2.24, 2.45) is 5.92 Å². The number of para-hydroxylation sites is 2. The summed E-state index contributed by atoms with van der Waals surface area (Å²) in [5, 5.41) is 0. The fourth-order valence-corrected chi connectivity index (χ4v) is 3.60. The topological polar surface area (TPSA) is 37.9 Å². The fraction of sp³-hybridized carbons (Fsp3) is 0.381. The van der Waals surface area contributed by atoms with Gasteiger partial charge in [0.2, 0.25) is 0 Å². The van der Waals surface area contributed by atoms with Crippen molar-refractivity contribution in [1.29, 1.82) is 0 Å². The summed E-state index contributed by atoms with van der Waals surface area (Å²) in [5.74, 6) is 1.68. The molecule has 24 heavy (non-hydrogen) atoms. The first-order chi connectivity index (χ1) is 11.9. The molecule has 0 unspecified atom stereocenters. The van der Waals surface area contributed by atoms with E-state index in [9.17, 15) is 0 Å². The smallest absolute Gasteiger partial charge is 0.138 e. The largest absolute Gasteiger partial charge is 0.376 e. The number of hydrogen-bond donors (Lipinski definition) is 1. The Labute approximate surface area is 143 Å². The second-order valence-corrected chi connectivity index (χ2v) is 6.82. The summed E-state index contributed by atoms with van der Waals surface area (Å²) in [7, 11) is 0.